The minimum absolute atomic E-state index is 0.0797. The third-order valence-electron chi connectivity index (χ3n) is 2.82. The molecule has 0 bridgehead atoms. The topological polar surface area (TPSA) is 107 Å². The number of nitrogens with one attached hydrogen (secondary N) is 1. The van der Waals surface area contributed by atoms with E-state index in [1.165, 1.54) is 12.1 Å². The molecule has 3 rings (SSSR count). The molecule has 124 valence electrons. The van der Waals surface area contributed by atoms with Gasteiger partial charge in [-0.25, -0.2) is 4.98 Å². The maximum atomic E-state index is 11.8. The maximum absolute atomic E-state index is 11.8. The molecule has 0 aliphatic rings. The average molecular weight is 357 g/mol. The van der Waals surface area contributed by atoms with Crippen LogP contribution in [0, 0.1) is 23.8 Å². The summed E-state index contributed by atoms with van der Waals surface area (Å²) in [7, 11) is -2.78. The zero-order valence-corrected chi connectivity index (χ0v) is 12.4. The van der Waals surface area contributed by atoms with Crippen molar-refractivity contribution in [2.75, 3.05) is 7.04 Å². The first-order chi connectivity index (χ1) is 16.2. The van der Waals surface area contributed by atoms with Gasteiger partial charge in [-0.2, -0.15) is 4.98 Å². The number of aromatic amines is 1. The highest BCUT2D eigenvalue weighted by Crippen LogP contribution is 2.29. The zero-order valence-electron chi connectivity index (χ0n) is 23.6. The lowest BCUT2D eigenvalue weighted by Gasteiger charge is -2.06. The van der Waals surface area contributed by atoms with Crippen LogP contribution in [0.3, 0.4) is 0 Å². The van der Waals surface area contributed by atoms with Crippen LogP contribution in [-0.4, -0.2) is 31.9 Å². The molecule has 8 nitrogen and oxygen atoms in total. The Morgan fingerprint density at radius 1 is 1.50 bits per heavy atom. The van der Waals surface area contributed by atoms with Crippen molar-refractivity contribution in [2.24, 2.45) is 0 Å². The van der Waals surface area contributed by atoms with Gasteiger partial charge in [-0.1, -0.05) is 11.8 Å². The lowest BCUT2D eigenvalue weighted by Crippen LogP contribution is -2.01. The predicted molar refractivity (Wildman–Crippen MR) is 90.4 cm³/mol. The Labute approximate surface area is 158 Å². The summed E-state index contributed by atoms with van der Waals surface area (Å²) in [4.78, 5) is 24.6. The summed E-state index contributed by atoms with van der Waals surface area (Å²) < 4.78 is 96.5. The molecule has 0 amide bonds. The Morgan fingerprint density at radius 3 is 3.17 bits per heavy atom. The lowest BCUT2D eigenvalue weighted by molar-refractivity contribution is -0.386. The number of pyridine rings is 2. The van der Waals surface area contributed by atoms with Crippen molar-refractivity contribution in [1.82, 2.24) is 19.9 Å². The second-order valence-corrected chi connectivity index (χ2v) is 5.09. The molecule has 0 saturated carbocycles. The van der Waals surface area contributed by atoms with Crippen molar-refractivity contribution in [2.45, 2.75) is 24.6 Å². The van der Waals surface area contributed by atoms with Crippen molar-refractivity contribution in [3.63, 3.8) is 0 Å². The standard InChI is InChI=1S/C15H15N5O3S/c1-8-6-16-11(9(2)13(8)20(21)22)7-24-15-17-10-4-5-12(23-3)18-14(10)19-15/h4-6H,7H2,1-3H3,(H,17,18,19)/i1D3,2D3,3D3,6D,7D2. The van der Waals surface area contributed by atoms with E-state index in [9.17, 15) is 10.1 Å². The molecule has 0 atom stereocenters. The number of H-pyrrole nitrogens is 1. The molecule has 0 aliphatic carbocycles. The first-order valence-corrected chi connectivity index (χ1v) is 6.97. The van der Waals surface area contributed by atoms with Crippen molar-refractivity contribution in [1.29, 1.82) is 0 Å². The molecule has 3 heterocycles. The number of hydrogen-bond acceptors (Lipinski definition) is 7. The summed E-state index contributed by atoms with van der Waals surface area (Å²) in [6, 6.07) is 2.56. The third-order valence-corrected chi connectivity index (χ3v) is 3.50. The highest BCUT2D eigenvalue weighted by Gasteiger charge is 2.19. The third kappa shape index (κ3) is 3.02. The van der Waals surface area contributed by atoms with Gasteiger partial charge >= 0.3 is 0 Å². The Kier molecular flexibility index (Phi) is 1.89. The van der Waals surface area contributed by atoms with Gasteiger partial charge < -0.3 is 9.72 Å². The van der Waals surface area contributed by atoms with E-state index in [0.717, 1.165) is 0 Å². The van der Waals surface area contributed by atoms with Crippen LogP contribution in [0.5, 0.6) is 5.88 Å². The van der Waals surface area contributed by atoms with Crippen LogP contribution in [-0.2, 0) is 5.70 Å². The van der Waals surface area contributed by atoms with Crippen LogP contribution >= 0.6 is 11.8 Å². The molecule has 9 heteroatoms. The fourth-order valence-corrected chi connectivity index (χ4v) is 2.40. The van der Waals surface area contributed by atoms with Crippen LogP contribution in [0.15, 0.2) is 23.5 Å². The van der Waals surface area contributed by atoms with Gasteiger partial charge in [-0.3, -0.25) is 15.1 Å². The summed E-state index contributed by atoms with van der Waals surface area (Å²) in [6.45, 7) is -6.65. The van der Waals surface area contributed by atoms with Gasteiger partial charge in [0.25, 0.3) is 5.69 Å². The maximum Gasteiger partial charge on any atom is 0.278 e. The zero-order chi connectivity index (χ0) is 27.4. The molecule has 3 aromatic heterocycles. The minimum atomic E-state index is -3.37. The summed E-state index contributed by atoms with van der Waals surface area (Å²) in [5, 5.41) is 11.6. The molecule has 0 spiro atoms. The van der Waals surface area contributed by atoms with E-state index in [4.69, 9.17) is 16.4 Å². The number of imidazole rings is 1. The van der Waals surface area contributed by atoms with E-state index in [-0.39, 0.29) is 34.0 Å². The molecule has 0 saturated heterocycles. The number of fused-ring (bicyclic) bond motifs is 1. The van der Waals surface area contributed by atoms with Crippen molar-refractivity contribution >= 4 is 28.6 Å². The molecule has 0 fully saturated rings. The second-order valence-electron chi connectivity index (χ2n) is 4.30. The van der Waals surface area contributed by atoms with Gasteiger partial charge in [-0.15, -0.1) is 0 Å². The summed E-state index contributed by atoms with van der Waals surface area (Å²) >= 11 is 0.232. The van der Waals surface area contributed by atoms with Crippen LogP contribution in [0.4, 0.5) is 5.69 Å². The fourth-order valence-electron chi connectivity index (χ4n) is 1.77. The van der Waals surface area contributed by atoms with Gasteiger partial charge in [-0.05, 0) is 19.8 Å². The Balaban J connectivity index is 2.15. The molecule has 1 N–H and O–H groups in total. The predicted octanol–water partition coefficient (Wildman–Crippen LogP) is 3.18. The summed E-state index contributed by atoms with van der Waals surface area (Å²) in [6.07, 6.45) is -1.17. The normalized spacial score (nSPS) is 20.5. The van der Waals surface area contributed by atoms with E-state index < -0.39 is 60.1 Å². The highest BCUT2D eigenvalue weighted by molar-refractivity contribution is 7.98. The number of methoxy groups -OCH3 is 1. The number of rotatable bonds is 5. The molecule has 0 radical (unpaired) electrons. The van der Waals surface area contributed by atoms with Crippen LogP contribution in [0.2, 0.25) is 0 Å². The fraction of sp³-hybridized carbons (Fsp3) is 0.267. The first-order valence-electron chi connectivity index (χ1n) is 12.2. The van der Waals surface area contributed by atoms with E-state index >= 15 is 0 Å². The number of hydrogen-bond donors (Lipinski definition) is 1. The molecule has 0 aromatic carbocycles. The summed E-state index contributed by atoms with van der Waals surface area (Å²) in [5.74, 6) is -0.297. The largest absolute Gasteiger partial charge is 0.481 e. The first kappa shape index (κ1) is 7.06. The molecular weight excluding hydrogens is 330 g/mol. The van der Waals surface area contributed by atoms with Crippen LogP contribution in [0.1, 0.15) is 33.3 Å². The van der Waals surface area contributed by atoms with Gasteiger partial charge in [0.15, 0.2) is 10.8 Å². The lowest BCUT2D eigenvalue weighted by atomic mass is 10.1. The van der Waals surface area contributed by atoms with E-state index in [0.29, 0.717) is 0 Å². The molecule has 24 heavy (non-hydrogen) atoms. The molecule has 0 unspecified atom stereocenters. The molecular formula is C15H15N5O3S. The van der Waals surface area contributed by atoms with Gasteiger partial charge in [0, 0.05) is 40.0 Å². The van der Waals surface area contributed by atoms with Crippen molar-refractivity contribution in [3.05, 3.63) is 45.2 Å². The van der Waals surface area contributed by atoms with E-state index in [1.54, 1.807) is 0 Å². The molecule has 3 aromatic rings. The molecule has 0 aliphatic heterocycles. The van der Waals surface area contributed by atoms with Gasteiger partial charge in [0.1, 0.15) is 0 Å². The summed E-state index contributed by atoms with van der Waals surface area (Å²) in [5.41, 5.74) is -7.69. The Bertz CT molecular complexity index is 1330. The van der Waals surface area contributed by atoms with Crippen molar-refractivity contribution in [3.8, 4) is 5.88 Å². The van der Waals surface area contributed by atoms with Gasteiger partial charge in [0.05, 0.1) is 28.7 Å². The van der Waals surface area contributed by atoms with Crippen LogP contribution in [0.25, 0.3) is 11.2 Å². The number of nitrogens with zero attached hydrogens (tertiary/aromatic N) is 4. The second kappa shape index (κ2) is 6.44. The number of ether oxygens (including phenoxy) is 1. The number of thioether (sulfide) groups is 1. The smallest absolute Gasteiger partial charge is 0.278 e. The SMILES string of the molecule is [2H]c1nc(C([2H])([2H])Sc2nc3nc(OC([2H])([2H])[2H])ccc3[nH]2)c(C([2H])([2H])[2H])c([N+](=O)[O-])c1C([2H])([2H])[2H]. The number of nitro groups is 1. The average Bonchev–Trinajstić information content (AvgIpc) is 3.04. The number of aromatic nitrogens is 4. The Morgan fingerprint density at radius 2 is 2.42 bits per heavy atom. The van der Waals surface area contributed by atoms with Crippen LogP contribution < -0.4 is 4.74 Å². The van der Waals surface area contributed by atoms with Crippen molar-refractivity contribution < 1.29 is 26.1 Å². The van der Waals surface area contributed by atoms with E-state index in [1.807, 2.05) is 0 Å². The van der Waals surface area contributed by atoms with E-state index in [2.05, 4.69) is 24.7 Å². The quantitative estimate of drug-likeness (QED) is 0.424. The highest BCUT2D eigenvalue weighted by atomic mass is 32.2. The Hall–Kier alpha value is -2.68. The minimum Gasteiger partial charge on any atom is -0.481 e. The van der Waals surface area contributed by atoms with Gasteiger partial charge in [0.2, 0.25) is 5.88 Å². The monoisotopic (exact) mass is 357 g/mol.